The van der Waals surface area contributed by atoms with Crippen molar-refractivity contribution in [3.8, 4) is 0 Å². The fourth-order valence-electron chi connectivity index (χ4n) is 2.07. The largest absolute Gasteiger partial charge is 0.463 e. The third-order valence-electron chi connectivity index (χ3n) is 3.27. The Morgan fingerprint density at radius 1 is 0.952 bits per heavy atom. The fraction of sp³-hybridized carbons (Fsp3) is 0.800. The summed E-state index contributed by atoms with van der Waals surface area (Å²) in [5.41, 5.74) is 0. The van der Waals surface area contributed by atoms with Crippen LogP contribution in [0.5, 0.6) is 0 Å². The van der Waals surface area contributed by atoms with E-state index in [0.29, 0.717) is 6.61 Å². The van der Waals surface area contributed by atoms with Gasteiger partial charge < -0.3 is 4.74 Å². The van der Waals surface area contributed by atoms with Gasteiger partial charge in [-0.05, 0) is 6.42 Å². The van der Waals surface area contributed by atoms with E-state index in [9.17, 15) is 4.79 Å². The van der Waals surface area contributed by atoms with Crippen molar-refractivity contribution >= 4 is 50.3 Å². The Hall–Kier alpha value is 0.297. The number of rotatable bonds is 13. The third kappa shape index (κ3) is 18.2. The minimum atomic E-state index is -0.944. The van der Waals surface area contributed by atoms with E-state index in [2.05, 4.69) is 6.58 Å². The molecule has 0 saturated carbocycles. The van der Waals surface area contributed by atoms with Crippen LogP contribution in [-0.2, 0) is 9.53 Å². The molecule has 0 aromatic rings. The Balaban J connectivity index is 3.09. The molecule has 0 bridgehead atoms. The second kappa shape index (κ2) is 13.9. The number of esters is 1. The van der Waals surface area contributed by atoms with Crippen molar-refractivity contribution in [2.75, 3.05) is 6.61 Å². The molecule has 0 amide bonds. The summed E-state index contributed by atoms with van der Waals surface area (Å²) >= 11 is 17.3. The highest BCUT2D eigenvalue weighted by Crippen LogP contribution is 2.26. The topological polar surface area (TPSA) is 26.3 Å². The van der Waals surface area contributed by atoms with Gasteiger partial charge in [0.05, 0.1) is 16.1 Å². The highest BCUT2D eigenvalue weighted by Gasteiger charge is 2.18. The van der Waals surface area contributed by atoms with Gasteiger partial charge in [-0.2, -0.15) is 0 Å². The standard InChI is InChI=1S/C15H27Cl3O2Si/c1-2-14(19)20-12-10-8-6-4-3-5-7-9-11-13-21-15(16,17)18/h2H,1,3-13,21H2. The van der Waals surface area contributed by atoms with Gasteiger partial charge in [0.15, 0.2) is 3.42 Å². The number of carbonyl (C=O) groups is 1. The first-order valence-corrected chi connectivity index (χ1v) is 10.7. The Morgan fingerprint density at radius 2 is 1.43 bits per heavy atom. The summed E-state index contributed by atoms with van der Waals surface area (Å²) in [6.07, 6.45) is 12.1. The molecular formula is C15H27Cl3O2Si. The van der Waals surface area contributed by atoms with Gasteiger partial charge in [-0.15, -0.1) is 0 Å². The minimum Gasteiger partial charge on any atom is -0.463 e. The molecule has 124 valence electrons. The highest BCUT2D eigenvalue weighted by molar-refractivity contribution is 6.87. The zero-order valence-electron chi connectivity index (χ0n) is 12.7. The van der Waals surface area contributed by atoms with Gasteiger partial charge >= 0.3 is 5.97 Å². The normalized spacial score (nSPS) is 12.0. The molecule has 0 aromatic carbocycles. The van der Waals surface area contributed by atoms with Crippen LogP contribution in [0, 0.1) is 0 Å². The van der Waals surface area contributed by atoms with Gasteiger partial charge in [0.2, 0.25) is 0 Å². The molecule has 0 spiro atoms. The van der Waals surface area contributed by atoms with Crippen LogP contribution in [-0.4, -0.2) is 25.5 Å². The molecule has 0 fully saturated rings. The molecule has 2 nitrogen and oxygen atoms in total. The maximum absolute atomic E-state index is 10.8. The number of hydrogen-bond donors (Lipinski definition) is 0. The predicted octanol–water partition coefficient (Wildman–Crippen LogP) is 5.14. The summed E-state index contributed by atoms with van der Waals surface area (Å²) in [4.78, 5) is 10.8. The molecule has 21 heavy (non-hydrogen) atoms. The van der Waals surface area contributed by atoms with Crippen molar-refractivity contribution in [1.82, 2.24) is 0 Å². The number of carbonyl (C=O) groups excluding carboxylic acids is 1. The van der Waals surface area contributed by atoms with Gasteiger partial charge in [0.1, 0.15) is 0 Å². The second-order valence-electron chi connectivity index (χ2n) is 5.27. The lowest BCUT2D eigenvalue weighted by Gasteiger charge is -2.08. The third-order valence-corrected chi connectivity index (χ3v) is 6.39. The van der Waals surface area contributed by atoms with E-state index in [1.54, 1.807) is 0 Å². The minimum absolute atomic E-state index is 0.326. The van der Waals surface area contributed by atoms with Crippen molar-refractivity contribution < 1.29 is 9.53 Å². The SMILES string of the molecule is C=CC(=O)OCCCCCCCCCCC[SiH2]C(Cl)(Cl)Cl. The van der Waals surface area contributed by atoms with E-state index in [4.69, 9.17) is 39.5 Å². The number of unbranched alkanes of at least 4 members (excludes halogenated alkanes) is 8. The van der Waals surface area contributed by atoms with Gasteiger partial charge in [0.25, 0.3) is 0 Å². The van der Waals surface area contributed by atoms with Gasteiger partial charge in [-0.1, -0.05) is 98.8 Å². The quantitative estimate of drug-likeness (QED) is 0.147. The van der Waals surface area contributed by atoms with Crippen LogP contribution < -0.4 is 0 Å². The molecule has 6 heteroatoms. The number of ether oxygens (including phenoxy) is 1. The average Bonchev–Trinajstić information content (AvgIpc) is 2.42. The zero-order valence-corrected chi connectivity index (χ0v) is 16.4. The Bertz CT molecular complexity index is 281. The molecule has 0 aliphatic heterocycles. The van der Waals surface area contributed by atoms with Crippen molar-refractivity contribution in [3.05, 3.63) is 12.7 Å². The fourth-order valence-corrected chi connectivity index (χ4v) is 4.28. The molecule has 0 aliphatic rings. The second-order valence-corrected chi connectivity index (χ2v) is 11.4. The highest BCUT2D eigenvalue weighted by atomic mass is 35.6. The maximum atomic E-state index is 10.8. The van der Waals surface area contributed by atoms with E-state index in [1.165, 1.54) is 51.0 Å². The van der Waals surface area contributed by atoms with E-state index < -0.39 is 12.9 Å². The van der Waals surface area contributed by atoms with Gasteiger partial charge in [-0.25, -0.2) is 4.79 Å². The van der Waals surface area contributed by atoms with Crippen molar-refractivity contribution in [3.63, 3.8) is 0 Å². The first-order chi connectivity index (χ1) is 9.95. The Morgan fingerprint density at radius 3 is 1.90 bits per heavy atom. The molecule has 0 saturated heterocycles. The van der Waals surface area contributed by atoms with E-state index >= 15 is 0 Å². The molecule has 0 radical (unpaired) electrons. The van der Waals surface area contributed by atoms with Gasteiger partial charge in [0, 0.05) is 6.08 Å². The summed E-state index contributed by atoms with van der Waals surface area (Å²) in [6, 6.07) is 1.12. The van der Waals surface area contributed by atoms with E-state index in [1.807, 2.05) is 0 Å². The molecule has 0 N–H and O–H groups in total. The zero-order chi connectivity index (χ0) is 16.0. The van der Waals surface area contributed by atoms with Crippen molar-refractivity contribution in [2.24, 2.45) is 0 Å². The maximum Gasteiger partial charge on any atom is 0.330 e. The summed E-state index contributed by atoms with van der Waals surface area (Å²) in [5.74, 6) is -0.326. The summed E-state index contributed by atoms with van der Waals surface area (Å²) in [7, 11) is -0.560. The lowest BCUT2D eigenvalue weighted by atomic mass is 10.1. The van der Waals surface area contributed by atoms with Crippen molar-refractivity contribution in [2.45, 2.75) is 67.2 Å². The first-order valence-electron chi connectivity index (χ1n) is 7.81. The number of alkyl halides is 3. The van der Waals surface area contributed by atoms with Crippen LogP contribution in [0.3, 0.4) is 0 Å². The monoisotopic (exact) mass is 372 g/mol. The lowest BCUT2D eigenvalue weighted by molar-refractivity contribution is -0.137. The summed E-state index contributed by atoms with van der Waals surface area (Å²) < 4.78 is 3.97. The molecule has 0 unspecified atom stereocenters. The Kier molecular flexibility index (Phi) is 14.1. The summed E-state index contributed by atoms with van der Waals surface area (Å²) in [5, 5.41) is 0. The molecule has 0 aliphatic carbocycles. The molecule has 0 atom stereocenters. The molecular weight excluding hydrogens is 347 g/mol. The lowest BCUT2D eigenvalue weighted by Crippen LogP contribution is -2.12. The van der Waals surface area contributed by atoms with Crippen LogP contribution >= 0.6 is 34.8 Å². The van der Waals surface area contributed by atoms with Crippen LogP contribution in [0.15, 0.2) is 12.7 Å². The summed E-state index contributed by atoms with van der Waals surface area (Å²) in [6.45, 7) is 3.87. The predicted molar refractivity (Wildman–Crippen MR) is 96.4 cm³/mol. The van der Waals surface area contributed by atoms with Gasteiger partial charge in [-0.3, -0.25) is 0 Å². The molecule has 0 rings (SSSR count). The van der Waals surface area contributed by atoms with Crippen molar-refractivity contribution in [1.29, 1.82) is 0 Å². The van der Waals surface area contributed by atoms with E-state index in [-0.39, 0.29) is 5.97 Å². The van der Waals surface area contributed by atoms with Crippen LogP contribution in [0.4, 0.5) is 0 Å². The van der Waals surface area contributed by atoms with E-state index in [0.717, 1.165) is 18.9 Å². The smallest absolute Gasteiger partial charge is 0.330 e. The molecule has 0 aromatic heterocycles. The Labute approximate surface area is 146 Å². The molecule has 0 heterocycles. The van der Waals surface area contributed by atoms with Crippen LogP contribution in [0.1, 0.15) is 57.8 Å². The number of hydrogen-bond acceptors (Lipinski definition) is 2. The van der Waals surface area contributed by atoms with Crippen LogP contribution in [0.25, 0.3) is 0 Å². The number of halogens is 3. The van der Waals surface area contributed by atoms with Crippen LogP contribution in [0.2, 0.25) is 6.04 Å². The average molecular weight is 374 g/mol. The first kappa shape index (κ1) is 21.3.